The van der Waals surface area contributed by atoms with E-state index < -0.39 is 0 Å². The van der Waals surface area contributed by atoms with Crippen LogP contribution in [-0.2, 0) is 11.4 Å². The Morgan fingerprint density at radius 3 is 2.40 bits per heavy atom. The molecule has 2 aromatic carbocycles. The minimum absolute atomic E-state index is 0.0936. The molecule has 1 amide bonds. The number of nitrogens with zero attached hydrogens (tertiary/aromatic N) is 1. The van der Waals surface area contributed by atoms with Gasteiger partial charge in [0.1, 0.15) is 11.8 Å². The molecule has 0 fully saturated rings. The summed E-state index contributed by atoms with van der Waals surface area (Å²) in [6, 6.07) is 14.7. The van der Waals surface area contributed by atoms with Gasteiger partial charge in [-0.1, -0.05) is 44.2 Å². The third kappa shape index (κ3) is 4.59. The second-order valence-electron chi connectivity index (χ2n) is 5.71. The molecule has 25 heavy (non-hydrogen) atoms. The van der Waals surface area contributed by atoms with Crippen molar-refractivity contribution < 1.29 is 14.6 Å². The van der Waals surface area contributed by atoms with Crippen LogP contribution in [-0.4, -0.2) is 36.1 Å². The Kier molecular flexibility index (Phi) is 6.98. The Bertz CT molecular complexity index is 685. The fraction of sp³-hybridized carbons (Fsp3) is 0.350. The van der Waals surface area contributed by atoms with Crippen molar-refractivity contribution in [1.29, 1.82) is 0 Å². The minimum atomic E-state index is -0.365. The quantitative estimate of drug-likeness (QED) is 0.773. The number of likely N-dealkylation sites (N-methyl/N-ethyl adjacent to an activating group) is 1. The molecule has 0 aliphatic carbocycles. The van der Waals surface area contributed by atoms with Gasteiger partial charge in [0.2, 0.25) is 5.91 Å². The lowest BCUT2D eigenvalue weighted by molar-refractivity contribution is -0.121. The molecule has 0 saturated heterocycles. The summed E-state index contributed by atoms with van der Waals surface area (Å²) in [4.78, 5) is 15.1. The summed E-state index contributed by atoms with van der Waals surface area (Å²) in [5.74, 6) is 0.507. The number of methoxy groups -OCH3 is 1. The van der Waals surface area contributed by atoms with Gasteiger partial charge in [0.15, 0.2) is 0 Å². The highest BCUT2D eigenvalue weighted by Gasteiger charge is 2.25. The van der Waals surface area contributed by atoms with E-state index in [0.29, 0.717) is 17.0 Å². The zero-order valence-electron chi connectivity index (χ0n) is 15.0. The van der Waals surface area contributed by atoms with Crippen LogP contribution < -0.4 is 10.1 Å². The number of aliphatic hydroxyl groups is 1. The molecule has 0 saturated carbocycles. The molecular formula is C20H26N2O3. The summed E-state index contributed by atoms with van der Waals surface area (Å²) in [5, 5.41) is 12.4. The van der Waals surface area contributed by atoms with E-state index in [1.807, 2.05) is 44.2 Å². The van der Waals surface area contributed by atoms with Gasteiger partial charge in [0.25, 0.3) is 0 Å². The standard InChI is InChI=1S/C20H26N2O3/c1-4-22(5-2)19(15-9-7-6-8-10-15)20(24)21-17-11-12-18(25-3)16(13-17)14-23/h6-13,19,23H,4-5,14H2,1-3H3,(H,21,24). The number of amides is 1. The molecule has 0 aromatic heterocycles. The number of carbonyl (C=O) groups excluding carboxylic acids is 1. The fourth-order valence-corrected chi connectivity index (χ4v) is 2.94. The van der Waals surface area contributed by atoms with E-state index in [1.165, 1.54) is 0 Å². The van der Waals surface area contributed by atoms with E-state index in [1.54, 1.807) is 25.3 Å². The lowest BCUT2D eigenvalue weighted by Gasteiger charge is -2.29. The molecule has 5 nitrogen and oxygen atoms in total. The predicted molar refractivity (Wildman–Crippen MR) is 99.7 cm³/mol. The van der Waals surface area contributed by atoms with Crippen molar-refractivity contribution in [2.75, 3.05) is 25.5 Å². The summed E-state index contributed by atoms with van der Waals surface area (Å²) in [7, 11) is 1.55. The van der Waals surface area contributed by atoms with Crippen LogP contribution in [0.2, 0.25) is 0 Å². The largest absolute Gasteiger partial charge is 0.496 e. The SMILES string of the molecule is CCN(CC)C(C(=O)Nc1ccc(OC)c(CO)c1)c1ccccc1. The molecule has 0 spiro atoms. The van der Waals surface area contributed by atoms with Crippen LogP contribution in [0.15, 0.2) is 48.5 Å². The van der Waals surface area contributed by atoms with Gasteiger partial charge in [0.05, 0.1) is 13.7 Å². The van der Waals surface area contributed by atoms with Gasteiger partial charge >= 0.3 is 0 Å². The van der Waals surface area contributed by atoms with Crippen molar-refractivity contribution in [3.8, 4) is 5.75 Å². The van der Waals surface area contributed by atoms with Crippen LogP contribution in [0.1, 0.15) is 31.0 Å². The highest BCUT2D eigenvalue weighted by atomic mass is 16.5. The Morgan fingerprint density at radius 2 is 1.84 bits per heavy atom. The van der Waals surface area contributed by atoms with Crippen LogP contribution in [0.25, 0.3) is 0 Å². The number of anilines is 1. The summed E-state index contributed by atoms with van der Waals surface area (Å²) in [5.41, 5.74) is 2.24. The average Bonchev–Trinajstić information content (AvgIpc) is 2.66. The molecule has 2 N–H and O–H groups in total. The molecule has 0 heterocycles. The van der Waals surface area contributed by atoms with E-state index in [2.05, 4.69) is 10.2 Å². The van der Waals surface area contributed by atoms with E-state index in [4.69, 9.17) is 4.74 Å². The second kappa shape index (κ2) is 9.20. The highest BCUT2D eigenvalue weighted by molar-refractivity contribution is 5.95. The summed E-state index contributed by atoms with van der Waals surface area (Å²) in [6.07, 6.45) is 0. The normalized spacial score (nSPS) is 12.0. The van der Waals surface area contributed by atoms with Crippen LogP contribution in [0, 0.1) is 0 Å². The first kappa shape index (κ1) is 19.0. The van der Waals surface area contributed by atoms with Crippen molar-refractivity contribution in [2.24, 2.45) is 0 Å². The highest BCUT2D eigenvalue weighted by Crippen LogP contribution is 2.26. The minimum Gasteiger partial charge on any atom is -0.496 e. The smallest absolute Gasteiger partial charge is 0.246 e. The Hall–Kier alpha value is -2.37. The zero-order chi connectivity index (χ0) is 18.2. The molecule has 2 aromatic rings. The first-order valence-electron chi connectivity index (χ1n) is 8.52. The summed E-state index contributed by atoms with van der Waals surface area (Å²) in [6.45, 7) is 5.49. The molecule has 0 aliphatic rings. The van der Waals surface area contributed by atoms with Gasteiger partial charge in [-0.3, -0.25) is 9.69 Å². The maximum absolute atomic E-state index is 13.0. The molecule has 2 rings (SSSR count). The first-order valence-corrected chi connectivity index (χ1v) is 8.52. The van der Waals surface area contributed by atoms with Crippen molar-refractivity contribution in [3.05, 3.63) is 59.7 Å². The first-order chi connectivity index (χ1) is 12.1. The average molecular weight is 342 g/mol. The van der Waals surface area contributed by atoms with E-state index >= 15 is 0 Å². The monoisotopic (exact) mass is 342 g/mol. The van der Waals surface area contributed by atoms with Gasteiger partial charge in [-0.25, -0.2) is 0 Å². The number of aliphatic hydroxyl groups excluding tert-OH is 1. The van der Waals surface area contributed by atoms with Gasteiger partial charge in [-0.15, -0.1) is 0 Å². The number of nitrogens with one attached hydrogen (secondary N) is 1. The predicted octanol–water partition coefficient (Wildman–Crippen LogP) is 3.21. The number of benzene rings is 2. The second-order valence-corrected chi connectivity index (χ2v) is 5.71. The molecular weight excluding hydrogens is 316 g/mol. The number of hydrogen-bond donors (Lipinski definition) is 2. The third-order valence-corrected chi connectivity index (χ3v) is 4.26. The summed E-state index contributed by atoms with van der Waals surface area (Å²) < 4.78 is 5.21. The van der Waals surface area contributed by atoms with Crippen LogP contribution in [0.4, 0.5) is 5.69 Å². The van der Waals surface area contributed by atoms with Gasteiger partial charge < -0.3 is 15.2 Å². The van der Waals surface area contributed by atoms with Crippen LogP contribution >= 0.6 is 0 Å². The topological polar surface area (TPSA) is 61.8 Å². The zero-order valence-corrected chi connectivity index (χ0v) is 15.0. The number of rotatable bonds is 8. The van der Waals surface area contributed by atoms with Crippen molar-refractivity contribution in [1.82, 2.24) is 4.90 Å². The van der Waals surface area contributed by atoms with E-state index in [-0.39, 0.29) is 18.6 Å². The lowest BCUT2D eigenvalue weighted by atomic mass is 10.0. The van der Waals surface area contributed by atoms with Crippen molar-refractivity contribution in [3.63, 3.8) is 0 Å². The number of carbonyl (C=O) groups is 1. The number of ether oxygens (including phenoxy) is 1. The third-order valence-electron chi connectivity index (χ3n) is 4.26. The molecule has 1 unspecified atom stereocenters. The van der Waals surface area contributed by atoms with Crippen molar-refractivity contribution >= 4 is 11.6 Å². The van der Waals surface area contributed by atoms with E-state index in [9.17, 15) is 9.90 Å². The maximum Gasteiger partial charge on any atom is 0.246 e. The lowest BCUT2D eigenvalue weighted by Crippen LogP contribution is -2.37. The van der Waals surface area contributed by atoms with Gasteiger partial charge in [-0.2, -0.15) is 0 Å². The molecule has 0 bridgehead atoms. The number of hydrogen-bond acceptors (Lipinski definition) is 4. The molecule has 5 heteroatoms. The van der Waals surface area contributed by atoms with Crippen LogP contribution in [0.3, 0.4) is 0 Å². The Labute approximate surface area is 149 Å². The fourth-order valence-electron chi connectivity index (χ4n) is 2.94. The molecule has 0 radical (unpaired) electrons. The Balaban J connectivity index is 2.28. The maximum atomic E-state index is 13.0. The van der Waals surface area contributed by atoms with Gasteiger partial charge in [0, 0.05) is 11.3 Å². The summed E-state index contributed by atoms with van der Waals surface area (Å²) >= 11 is 0. The van der Waals surface area contributed by atoms with Gasteiger partial charge in [-0.05, 0) is 36.9 Å². The molecule has 134 valence electrons. The van der Waals surface area contributed by atoms with E-state index in [0.717, 1.165) is 18.7 Å². The van der Waals surface area contributed by atoms with Crippen LogP contribution in [0.5, 0.6) is 5.75 Å². The molecule has 1 atom stereocenters. The molecule has 0 aliphatic heterocycles. The van der Waals surface area contributed by atoms with Crippen molar-refractivity contribution in [2.45, 2.75) is 26.5 Å². The Morgan fingerprint density at radius 1 is 1.16 bits per heavy atom.